The van der Waals surface area contributed by atoms with E-state index in [0.29, 0.717) is 30.2 Å². The molecule has 6 nitrogen and oxygen atoms in total. The molecule has 0 saturated heterocycles. The van der Waals surface area contributed by atoms with Gasteiger partial charge in [0.1, 0.15) is 11.4 Å². The minimum Gasteiger partial charge on any atom is -0.493 e. The Morgan fingerprint density at radius 3 is 2.79 bits per heavy atom. The van der Waals surface area contributed by atoms with E-state index in [1.54, 1.807) is 25.6 Å². The number of hydrogen-bond donors (Lipinski definition) is 1. The molecule has 0 saturated carbocycles. The van der Waals surface area contributed by atoms with Crippen LogP contribution in [0.5, 0.6) is 11.5 Å². The Morgan fingerprint density at radius 2 is 2.04 bits per heavy atom. The van der Waals surface area contributed by atoms with E-state index in [4.69, 9.17) is 9.47 Å². The van der Waals surface area contributed by atoms with E-state index in [0.717, 1.165) is 21.1 Å². The van der Waals surface area contributed by atoms with Crippen LogP contribution >= 0.6 is 22.7 Å². The number of thiazole rings is 1. The van der Waals surface area contributed by atoms with Crippen molar-refractivity contribution in [1.29, 1.82) is 0 Å². The topological polar surface area (TPSA) is 64.9 Å². The first-order valence-electron chi connectivity index (χ1n) is 8.69. The summed E-state index contributed by atoms with van der Waals surface area (Å²) in [6.45, 7) is 0.526. The Hall–Kier alpha value is -2.84. The number of hydrogen-bond acceptors (Lipinski definition) is 6. The average molecular weight is 414 g/mol. The summed E-state index contributed by atoms with van der Waals surface area (Å²) in [5.41, 5.74) is 2.56. The van der Waals surface area contributed by atoms with Crippen molar-refractivity contribution in [2.45, 2.75) is 6.42 Å². The molecule has 4 rings (SSSR count). The maximum absolute atomic E-state index is 12.6. The van der Waals surface area contributed by atoms with E-state index in [1.165, 1.54) is 11.3 Å². The number of fused-ring (bicyclic) bond motifs is 1. The monoisotopic (exact) mass is 413 g/mol. The van der Waals surface area contributed by atoms with Crippen molar-refractivity contribution in [2.75, 3.05) is 20.8 Å². The van der Waals surface area contributed by atoms with Crippen LogP contribution in [0.1, 0.15) is 16.1 Å². The number of methoxy groups -OCH3 is 2. The molecule has 4 aromatic rings. The van der Waals surface area contributed by atoms with Crippen LogP contribution in [-0.2, 0) is 6.42 Å². The summed E-state index contributed by atoms with van der Waals surface area (Å²) in [5, 5.41) is 6.84. The fourth-order valence-corrected chi connectivity index (χ4v) is 4.47. The fraction of sp³-hybridized carbons (Fsp3) is 0.200. The first-order valence-corrected chi connectivity index (χ1v) is 10.4. The number of benzene rings is 1. The zero-order valence-electron chi connectivity index (χ0n) is 15.5. The summed E-state index contributed by atoms with van der Waals surface area (Å²) < 4.78 is 12.4. The van der Waals surface area contributed by atoms with Gasteiger partial charge in [0, 0.05) is 18.1 Å². The maximum atomic E-state index is 12.6. The highest BCUT2D eigenvalue weighted by Crippen LogP contribution is 2.28. The fourth-order valence-electron chi connectivity index (χ4n) is 2.94. The van der Waals surface area contributed by atoms with Gasteiger partial charge in [0.25, 0.3) is 5.91 Å². The van der Waals surface area contributed by atoms with Crippen molar-refractivity contribution in [3.63, 3.8) is 0 Å². The summed E-state index contributed by atoms with van der Waals surface area (Å²) in [6.07, 6.45) is 2.62. The highest BCUT2D eigenvalue weighted by Gasteiger charge is 2.15. The molecular formula is C20H19N3O3S2. The lowest BCUT2D eigenvalue weighted by atomic mass is 10.1. The first kappa shape index (κ1) is 18.5. The van der Waals surface area contributed by atoms with E-state index in [2.05, 4.69) is 10.3 Å². The molecule has 1 amide bonds. The Bertz CT molecular complexity index is 1100. The minimum absolute atomic E-state index is 0.109. The third-order valence-electron chi connectivity index (χ3n) is 4.36. The van der Waals surface area contributed by atoms with Crippen LogP contribution in [0.4, 0.5) is 0 Å². The molecule has 28 heavy (non-hydrogen) atoms. The van der Waals surface area contributed by atoms with Crippen LogP contribution in [0.25, 0.3) is 15.5 Å². The number of imidazole rings is 1. The van der Waals surface area contributed by atoms with Crippen LogP contribution in [-0.4, -0.2) is 36.1 Å². The molecule has 1 N–H and O–H groups in total. The summed E-state index contributed by atoms with van der Waals surface area (Å²) in [5.74, 6) is 1.27. The van der Waals surface area contributed by atoms with E-state index in [-0.39, 0.29) is 5.91 Å². The third kappa shape index (κ3) is 3.61. The third-order valence-corrected chi connectivity index (χ3v) is 6.09. The number of carbonyl (C=O) groups is 1. The van der Waals surface area contributed by atoms with Gasteiger partial charge in [0.2, 0.25) is 0 Å². The molecule has 3 heterocycles. The molecule has 0 aliphatic heterocycles. The van der Waals surface area contributed by atoms with Crippen LogP contribution in [0.15, 0.2) is 47.3 Å². The van der Waals surface area contributed by atoms with E-state index >= 15 is 0 Å². The molecule has 0 bridgehead atoms. The number of amides is 1. The molecule has 144 valence electrons. The van der Waals surface area contributed by atoms with Crippen LogP contribution in [0.3, 0.4) is 0 Å². The number of thiophene rings is 1. The maximum Gasteiger partial charge on any atom is 0.269 e. The van der Waals surface area contributed by atoms with Crippen molar-refractivity contribution in [3.05, 3.63) is 58.5 Å². The molecular weight excluding hydrogens is 394 g/mol. The lowest BCUT2D eigenvalue weighted by Gasteiger charge is -2.10. The molecule has 8 heteroatoms. The first-order chi connectivity index (χ1) is 13.7. The molecule has 1 aromatic carbocycles. The van der Waals surface area contributed by atoms with Gasteiger partial charge in [-0.15, -0.1) is 22.7 Å². The van der Waals surface area contributed by atoms with Crippen LogP contribution < -0.4 is 14.8 Å². The van der Waals surface area contributed by atoms with Gasteiger partial charge < -0.3 is 14.8 Å². The second-order valence-corrected chi connectivity index (χ2v) is 7.86. The van der Waals surface area contributed by atoms with E-state index < -0.39 is 0 Å². The van der Waals surface area contributed by atoms with Crippen LogP contribution in [0.2, 0.25) is 0 Å². The van der Waals surface area contributed by atoms with Crippen molar-refractivity contribution in [3.8, 4) is 22.1 Å². The number of nitrogens with one attached hydrogen (secondary N) is 1. The Balaban J connectivity index is 1.43. The number of nitrogens with zero attached hydrogens (tertiary/aromatic N) is 2. The van der Waals surface area contributed by atoms with Crippen LogP contribution in [0, 0.1) is 0 Å². The average Bonchev–Trinajstić information content (AvgIpc) is 3.44. The number of ether oxygens (including phenoxy) is 2. The second-order valence-electron chi connectivity index (χ2n) is 6.07. The zero-order valence-corrected chi connectivity index (χ0v) is 17.1. The molecule has 0 fully saturated rings. The lowest BCUT2D eigenvalue weighted by molar-refractivity contribution is 0.0948. The largest absolute Gasteiger partial charge is 0.493 e. The quantitative estimate of drug-likeness (QED) is 0.495. The summed E-state index contributed by atoms with van der Waals surface area (Å²) >= 11 is 3.10. The van der Waals surface area contributed by atoms with Crippen molar-refractivity contribution in [1.82, 2.24) is 14.7 Å². The van der Waals surface area contributed by atoms with Crippen molar-refractivity contribution in [2.24, 2.45) is 0 Å². The zero-order chi connectivity index (χ0) is 19.5. The smallest absolute Gasteiger partial charge is 0.269 e. The SMILES string of the molecule is COc1ccc(CCNC(=O)c2csc3nc(-c4cccs4)cn23)cc1OC. The minimum atomic E-state index is -0.109. The standard InChI is InChI=1S/C20H19N3O3S2/c1-25-16-6-5-13(10-17(16)26-2)7-8-21-19(24)15-12-28-20-22-14(11-23(15)20)18-4-3-9-27-18/h3-6,9-12H,7-8H2,1-2H3,(H,21,24). The highest BCUT2D eigenvalue weighted by molar-refractivity contribution is 7.15. The molecule has 3 aromatic heterocycles. The highest BCUT2D eigenvalue weighted by atomic mass is 32.1. The van der Waals surface area contributed by atoms with Crippen molar-refractivity contribution < 1.29 is 14.3 Å². The Kier molecular flexibility index (Phi) is 5.31. The van der Waals surface area contributed by atoms with Crippen molar-refractivity contribution >= 4 is 33.5 Å². The van der Waals surface area contributed by atoms with Gasteiger partial charge in [0.05, 0.1) is 19.1 Å². The second kappa shape index (κ2) is 8.04. The lowest BCUT2D eigenvalue weighted by Crippen LogP contribution is -2.26. The molecule has 0 radical (unpaired) electrons. The Labute approximate surface area is 170 Å². The van der Waals surface area contributed by atoms with E-state index in [1.807, 2.05) is 51.7 Å². The van der Waals surface area contributed by atoms with Gasteiger partial charge in [-0.1, -0.05) is 12.1 Å². The Morgan fingerprint density at radius 1 is 1.18 bits per heavy atom. The van der Waals surface area contributed by atoms with Gasteiger partial charge >= 0.3 is 0 Å². The van der Waals surface area contributed by atoms with Gasteiger partial charge in [0.15, 0.2) is 16.5 Å². The van der Waals surface area contributed by atoms with Gasteiger partial charge in [-0.25, -0.2) is 4.98 Å². The van der Waals surface area contributed by atoms with Gasteiger partial charge in [-0.3, -0.25) is 9.20 Å². The number of rotatable bonds is 7. The van der Waals surface area contributed by atoms with E-state index in [9.17, 15) is 4.79 Å². The molecule has 0 aliphatic rings. The molecule has 0 unspecified atom stereocenters. The summed E-state index contributed by atoms with van der Waals surface area (Å²) in [6, 6.07) is 9.79. The normalized spacial score (nSPS) is 10.9. The van der Waals surface area contributed by atoms with Gasteiger partial charge in [-0.2, -0.15) is 0 Å². The molecule has 0 spiro atoms. The number of aromatic nitrogens is 2. The predicted molar refractivity (Wildman–Crippen MR) is 112 cm³/mol. The summed E-state index contributed by atoms with van der Waals surface area (Å²) in [7, 11) is 3.22. The predicted octanol–water partition coefficient (Wildman–Crippen LogP) is 4.11. The molecule has 0 atom stereocenters. The summed E-state index contributed by atoms with van der Waals surface area (Å²) in [4.78, 5) is 19.1. The number of carbonyl (C=O) groups excluding carboxylic acids is 1. The molecule has 0 aliphatic carbocycles. The van der Waals surface area contributed by atoms with Gasteiger partial charge in [-0.05, 0) is 35.6 Å².